The van der Waals surface area contributed by atoms with Crippen LogP contribution in [-0.4, -0.2) is 57.8 Å². The summed E-state index contributed by atoms with van der Waals surface area (Å²) in [4.78, 5) is 0. The molecule has 15 heavy (non-hydrogen) atoms. The van der Waals surface area contributed by atoms with Crippen molar-refractivity contribution in [1.29, 1.82) is 0 Å². The maximum atomic E-state index is 11.5. The van der Waals surface area contributed by atoms with Gasteiger partial charge in [0, 0.05) is 27.2 Å². The monoisotopic (exact) mass is 240 g/mol. The van der Waals surface area contributed by atoms with Crippen LogP contribution in [-0.2, 0) is 14.9 Å². The third-order valence-electron chi connectivity index (χ3n) is 1.86. The second kappa shape index (κ2) is 7.13. The lowest BCUT2D eigenvalue weighted by Crippen LogP contribution is -2.40. The van der Waals surface area contributed by atoms with Crippen LogP contribution >= 0.6 is 0 Å². The number of nitrogens with zero attached hydrogens (tertiary/aromatic N) is 1. The molecule has 0 amide bonds. The standard InChI is InChI=1S/C8H20N2O4S/c1-8(11)4-6-10(2)15(12,13)9-5-7-14-3/h8-9,11H,4-7H2,1-3H3. The molecule has 0 aromatic heterocycles. The summed E-state index contributed by atoms with van der Waals surface area (Å²) >= 11 is 0. The fourth-order valence-corrected chi connectivity index (χ4v) is 1.78. The molecule has 1 atom stereocenters. The molecule has 0 aromatic rings. The van der Waals surface area contributed by atoms with Gasteiger partial charge < -0.3 is 9.84 Å². The zero-order valence-electron chi connectivity index (χ0n) is 9.43. The minimum absolute atomic E-state index is 0.248. The lowest BCUT2D eigenvalue weighted by atomic mass is 10.3. The highest BCUT2D eigenvalue weighted by Crippen LogP contribution is 1.98. The third-order valence-corrected chi connectivity index (χ3v) is 3.43. The predicted octanol–water partition coefficient (Wildman–Crippen LogP) is -0.830. The Bertz CT molecular complexity index is 253. The molecule has 0 aliphatic carbocycles. The highest BCUT2D eigenvalue weighted by atomic mass is 32.2. The van der Waals surface area contributed by atoms with Gasteiger partial charge in [-0.1, -0.05) is 0 Å². The summed E-state index contributed by atoms with van der Waals surface area (Å²) in [6, 6.07) is 0. The van der Waals surface area contributed by atoms with Gasteiger partial charge in [0.05, 0.1) is 12.7 Å². The zero-order chi connectivity index (χ0) is 11.9. The average Bonchev–Trinajstić information content (AvgIpc) is 2.14. The van der Waals surface area contributed by atoms with E-state index >= 15 is 0 Å². The van der Waals surface area contributed by atoms with Crippen LogP contribution < -0.4 is 4.72 Å². The van der Waals surface area contributed by atoms with Crippen LogP contribution in [0.5, 0.6) is 0 Å². The van der Waals surface area contributed by atoms with E-state index in [2.05, 4.69) is 4.72 Å². The summed E-state index contributed by atoms with van der Waals surface area (Å²) in [5.41, 5.74) is 0. The van der Waals surface area contributed by atoms with Gasteiger partial charge in [-0.3, -0.25) is 0 Å². The highest BCUT2D eigenvalue weighted by molar-refractivity contribution is 7.87. The Labute approximate surface area is 91.4 Å². The van der Waals surface area contributed by atoms with E-state index in [9.17, 15) is 8.42 Å². The first-order chi connectivity index (χ1) is 6.90. The molecule has 0 spiro atoms. The van der Waals surface area contributed by atoms with Gasteiger partial charge in [-0.05, 0) is 13.3 Å². The van der Waals surface area contributed by atoms with E-state index in [0.717, 1.165) is 0 Å². The number of hydrogen-bond donors (Lipinski definition) is 2. The van der Waals surface area contributed by atoms with Crippen molar-refractivity contribution in [3.8, 4) is 0 Å². The fraction of sp³-hybridized carbons (Fsp3) is 1.00. The molecule has 0 aliphatic rings. The Balaban J connectivity index is 3.97. The largest absolute Gasteiger partial charge is 0.393 e. The molecule has 0 rings (SSSR count). The number of nitrogens with one attached hydrogen (secondary N) is 1. The molecule has 6 nitrogen and oxygen atoms in total. The molecule has 2 N–H and O–H groups in total. The molecule has 92 valence electrons. The normalized spacial score (nSPS) is 14.5. The maximum Gasteiger partial charge on any atom is 0.279 e. The van der Waals surface area contributed by atoms with E-state index < -0.39 is 16.3 Å². The Morgan fingerprint density at radius 3 is 2.60 bits per heavy atom. The van der Waals surface area contributed by atoms with Crippen LogP contribution in [0.2, 0.25) is 0 Å². The lowest BCUT2D eigenvalue weighted by molar-refractivity contribution is 0.176. The molecule has 0 aliphatic heterocycles. The van der Waals surface area contributed by atoms with Gasteiger partial charge in [0.1, 0.15) is 0 Å². The van der Waals surface area contributed by atoms with Crippen molar-refractivity contribution in [2.75, 3.05) is 33.9 Å². The SMILES string of the molecule is COCCNS(=O)(=O)N(C)CCC(C)O. The minimum atomic E-state index is -3.44. The summed E-state index contributed by atoms with van der Waals surface area (Å²) in [5, 5.41) is 9.02. The minimum Gasteiger partial charge on any atom is -0.393 e. The second-order valence-electron chi connectivity index (χ2n) is 3.35. The van der Waals surface area contributed by atoms with Crippen molar-refractivity contribution < 1.29 is 18.3 Å². The van der Waals surface area contributed by atoms with Crippen molar-refractivity contribution in [1.82, 2.24) is 9.03 Å². The van der Waals surface area contributed by atoms with Crippen molar-refractivity contribution in [3.05, 3.63) is 0 Å². The molecule has 0 saturated heterocycles. The van der Waals surface area contributed by atoms with Gasteiger partial charge in [0.15, 0.2) is 0 Å². The molecule has 0 fully saturated rings. The number of ether oxygens (including phenoxy) is 1. The van der Waals surface area contributed by atoms with Crippen LogP contribution in [0.25, 0.3) is 0 Å². The van der Waals surface area contributed by atoms with E-state index in [4.69, 9.17) is 9.84 Å². The zero-order valence-corrected chi connectivity index (χ0v) is 10.2. The first-order valence-corrected chi connectivity index (χ1v) is 6.22. The van der Waals surface area contributed by atoms with Crippen molar-refractivity contribution >= 4 is 10.2 Å². The van der Waals surface area contributed by atoms with Crippen molar-refractivity contribution in [2.45, 2.75) is 19.4 Å². The third kappa shape index (κ3) is 6.80. The van der Waals surface area contributed by atoms with Crippen molar-refractivity contribution in [2.24, 2.45) is 0 Å². The summed E-state index contributed by atoms with van der Waals surface area (Å²) in [7, 11) is -0.461. The van der Waals surface area contributed by atoms with Gasteiger partial charge in [-0.25, -0.2) is 0 Å². The highest BCUT2D eigenvalue weighted by Gasteiger charge is 2.16. The Morgan fingerprint density at radius 2 is 2.13 bits per heavy atom. The molecule has 0 saturated carbocycles. The van der Waals surface area contributed by atoms with E-state index in [1.165, 1.54) is 18.5 Å². The molecule has 7 heteroatoms. The maximum absolute atomic E-state index is 11.5. The van der Waals surface area contributed by atoms with E-state index in [0.29, 0.717) is 19.6 Å². The predicted molar refractivity (Wildman–Crippen MR) is 57.7 cm³/mol. The van der Waals surface area contributed by atoms with E-state index in [-0.39, 0.29) is 6.54 Å². The topological polar surface area (TPSA) is 78.9 Å². The molecular weight excluding hydrogens is 220 g/mol. The summed E-state index contributed by atoms with van der Waals surface area (Å²) < 4.78 is 31.3. The Kier molecular flexibility index (Phi) is 7.03. The molecule has 0 heterocycles. The number of aliphatic hydroxyl groups excluding tert-OH is 1. The molecule has 0 aromatic carbocycles. The van der Waals surface area contributed by atoms with E-state index in [1.807, 2.05) is 0 Å². The Morgan fingerprint density at radius 1 is 1.53 bits per heavy atom. The molecule has 1 unspecified atom stereocenters. The lowest BCUT2D eigenvalue weighted by Gasteiger charge is -2.18. The second-order valence-corrected chi connectivity index (χ2v) is 5.21. The quantitative estimate of drug-likeness (QED) is 0.543. The van der Waals surface area contributed by atoms with Gasteiger partial charge in [-0.15, -0.1) is 0 Å². The number of aliphatic hydroxyl groups is 1. The molecule has 0 bridgehead atoms. The van der Waals surface area contributed by atoms with Gasteiger partial charge >= 0.3 is 0 Å². The van der Waals surface area contributed by atoms with Crippen LogP contribution in [0.15, 0.2) is 0 Å². The number of methoxy groups -OCH3 is 1. The van der Waals surface area contributed by atoms with Gasteiger partial charge in [0.2, 0.25) is 0 Å². The summed E-state index contributed by atoms with van der Waals surface area (Å²) in [6.07, 6.45) is -0.0802. The first kappa shape index (κ1) is 14.8. The van der Waals surface area contributed by atoms with Crippen LogP contribution in [0, 0.1) is 0 Å². The van der Waals surface area contributed by atoms with E-state index in [1.54, 1.807) is 6.92 Å². The number of hydrogen-bond acceptors (Lipinski definition) is 4. The van der Waals surface area contributed by atoms with Gasteiger partial charge in [0.25, 0.3) is 10.2 Å². The van der Waals surface area contributed by atoms with Crippen LogP contribution in [0.3, 0.4) is 0 Å². The average molecular weight is 240 g/mol. The van der Waals surface area contributed by atoms with Crippen LogP contribution in [0.1, 0.15) is 13.3 Å². The molecule has 0 radical (unpaired) electrons. The Hall–Kier alpha value is -0.210. The molecular formula is C8H20N2O4S. The van der Waals surface area contributed by atoms with Gasteiger partial charge in [-0.2, -0.15) is 17.4 Å². The van der Waals surface area contributed by atoms with Crippen LogP contribution in [0.4, 0.5) is 0 Å². The summed E-state index contributed by atoms with van der Waals surface area (Å²) in [5.74, 6) is 0. The number of rotatable bonds is 8. The first-order valence-electron chi connectivity index (χ1n) is 4.78. The fourth-order valence-electron chi connectivity index (χ4n) is 0.872. The smallest absolute Gasteiger partial charge is 0.279 e. The van der Waals surface area contributed by atoms with Crippen molar-refractivity contribution in [3.63, 3.8) is 0 Å². The summed E-state index contributed by atoms with van der Waals surface area (Å²) in [6.45, 7) is 2.50.